The van der Waals surface area contributed by atoms with Gasteiger partial charge in [-0.2, -0.15) is 0 Å². The highest BCUT2D eigenvalue weighted by Gasteiger charge is 2.31. The number of hydrogen-bond acceptors (Lipinski definition) is 6. The van der Waals surface area contributed by atoms with Gasteiger partial charge >= 0.3 is 6.09 Å². The number of rotatable bonds is 6. The Kier molecular flexibility index (Phi) is 7.84. The molecule has 8 nitrogen and oxygen atoms in total. The topological polar surface area (TPSA) is 98.1 Å². The van der Waals surface area contributed by atoms with Gasteiger partial charge in [0.15, 0.2) is 0 Å². The van der Waals surface area contributed by atoms with Gasteiger partial charge in [-0.1, -0.05) is 24.0 Å². The summed E-state index contributed by atoms with van der Waals surface area (Å²) in [6.07, 6.45) is 2.75. The van der Waals surface area contributed by atoms with Gasteiger partial charge in [-0.05, 0) is 62.6 Å². The van der Waals surface area contributed by atoms with Gasteiger partial charge in [0, 0.05) is 43.1 Å². The van der Waals surface area contributed by atoms with Crippen molar-refractivity contribution in [2.75, 3.05) is 26.8 Å². The minimum atomic E-state index is -0.513. The minimum absolute atomic E-state index is 0.237. The van der Waals surface area contributed by atoms with Gasteiger partial charge in [0.1, 0.15) is 17.8 Å². The lowest BCUT2D eigenvalue weighted by molar-refractivity contribution is -0.134. The van der Waals surface area contributed by atoms with Gasteiger partial charge in [-0.25, -0.2) is 4.79 Å². The normalized spacial score (nSPS) is 15.8. The molecule has 194 valence electrons. The summed E-state index contributed by atoms with van der Waals surface area (Å²) < 4.78 is 16.7. The van der Waals surface area contributed by atoms with E-state index in [1.54, 1.807) is 13.3 Å². The fraction of sp³-hybridized carbons (Fsp3) is 0.414. The molecule has 0 bridgehead atoms. The maximum atomic E-state index is 12.4. The molecule has 1 N–H and O–H groups in total. The molecule has 1 aliphatic heterocycles. The van der Waals surface area contributed by atoms with E-state index in [1.165, 1.54) is 4.90 Å². The van der Waals surface area contributed by atoms with Crippen molar-refractivity contribution in [1.82, 2.24) is 10.2 Å². The van der Waals surface area contributed by atoms with Crippen LogP contribution in [0.1, 0.15) is 57.1 Å². The zero-order valence-corrected chi connectivity index (χ0v) is 21.7. The molecule has 2 aromatic carbocycles. The molecule has 1 fully saturated rings. The number of amides is 3. The summed E-state index contributed by atoms with van der Waals surface area (Å²) in [6.45, 7) is 6.83. The molecular weight excluding hydrogens is 472 g/mol. The highest BCUT2D eigenvalue weighted by atomic mass is 16.6. The lowest BCUT2D eigenvalue weighted by Crippen LogP contribution is -2.39. The van der Waals surface area contributed by atoms with E-state index >= 15 is 0 Å². The Morgan fingerprint density at radius 2 is 2.03 bits per heavy atom. The summed E-state index contributed by atoms with van der Waals surface area (Å²) in [4.78, 5) is 37.5. The van der Waals surface area contributed by atoms with E-state index < -0.39 is 11.5 Å². The molecule has 1 atom stereocenters. The number of hydrogen-bond donors (Lipinski definition) is 1. The highest BCUT2D eigenvalue weighted by molar-refractivity contribution is 6.10. The smallest absolute Gasteiger partial charge is 0.410 e. The molecule has 3 amide bonds. The number of furan rings is 1. The number of benzene rings is 2. The second kappa shape index (κ2) is 11.1. The molecule has 1 aromatic heterocycles. The number of ether oxygens (including phenoxy) is 2. The van der Waals surface area contributed by atoms with E-state index in [0.29, 0.717) is 38.0 Å². The molecule has 0 saturated carbocycles. The third-order valence-corrected chi connectivity index (χ3v) is 6.09. The van der Waals surface area contributed by atoms with Crippen LogP contribution >= 0.6 is 0 Å². The maximum absolute atomic E-state index is 12.4. The van der Waals surface area contributed by atoms with E-state index in [-0.39, 0.29) is 24.5 Å². The first-order chi connectivity index (χ1) is 17.6. The van der Waals surface area contributed by atoms with Crippen LogP contribution in [0.15, 0.2) is 41.0 Å². The van der Waals surface area contributed by atoms with Crippen molar-refractivity contribution in [1.29, 1.82) is 0 Å². The van der Waals surface area contributed by atoms with E-state index in [9.17, 15) is 14.4 Å². The van der Waals surface area contributed by atoms with Crippen molar-refractivity contribution in [3.63, 3.8) is 0 Å². The summed E-state index contributed by atoms with van der Waals surface area (Å²) in [7, 11) is 1.71. The van der Waals surface area contributed by atoms with Crippen LogP contribution in [0.3, 0.4) is 0 Å². The number of carbonyl (C=O) groups excluding carboxylic acids is 3. The van der Waals surface area contributed by atoms with E-state index in [2.05, 4.69) is 17.2 Å². The monoisotopic (exact) mass is 504 g/mol. The van der Waals surface area contributed by atoms with Crippen LogP contribution in [0.5, 0.6) is 0 Å². The first-order valence-corrected chi connectivity index (χ1v) is 12.4. The molecule has 4 rings (SSSR count). The van der Waals surface area contributed by atoms with E-state index in [1.807, 2.05) is 51.1 Å². The van der Waals surface area contributed by atoms with Crippen LogP contribution in [-0.2, 0) is 19.1 Å². The van der Waals surface area contributed by atoms with E-state index in [0.717, 1.165) is 27.3 Å². The Hall–Kier alpha value is -3.83. The van der Waals surface area contributed by atoms with Gasteiger partial charge in [-0.3, -0.25) is 14.9 Å². The van der Waals surface area contributed by atoms with Gasteiger partial charge in [0.05, 0.1) is 12.2 Å². The van der Waals surface area contributed by atoms with Crippen LogP contribution in [0, 0.1) is 11.8 Å². The standard InChI is InChI=1S/C29H32N2O6/c1-29(2,3)37-28(34)31(4)14-6-16-35-15-5-7-19-8-10-21-20(17-19)9-12-24-26(21)23(18-36-24)22-11-13-25(32)30-27(22)33/h8-10,12,17-18,22H,6,11,13-16H2,1-4H3,(H,30,32,33). The van der Waals surface area contributed by atoms with Crippen LogP contribution in [0.25, 0.3) is 21.7 Å². The Bertz CT molecular complexity index is 1390. The summed E-state index contributed by atoms with van der Waals surface area (Å²) in [5.41, 5.74) is 1.85. The zero-order chi connectivity index (χ0) is 26.6. The van der Waals surface area contributed by atoms with Crippen LogP contribution in [0.2, 0.25) is 0 Å². The van der Waals surface area contributed by atoms with Crippen LogP contribution < -0.4 is 5.32 Å². The molecule has 0 radical (unpaired) electrons. The van der Waals surface area contributed by atoms with Crippen molar-refractivity contribution in [2.45, 2.75) is 51.6 Å². The fourth-order valence-electron chi connectivity index (χ4n) is 4.31. The molecule has 0 spiro atoms. The predicted molar refractivity (Wildman–Crippen MR) is 140 cm³/mol. The third-order valence-electron chi connectivity index (χ3n) is 6.09. The quantitative estimate of drug-likeness (QED) is 0.296. The molecule has 3 aromatic rings. The summed E-state index contributed by atoms with van der Waals surface area (Å²) in [6, 6.07) is 9.78. The molecule has 8 heteroatoms. The largest absolute Gasteiger partial charge is 0.464 e. The summed E-state index contributed by atoms with van der Waals surface area (Å²) >= 11 is 0. The second-order valence-corrected chi connectivity index (χ2v) is 10.2. The molecule has 0 aliphatic carbocycles. The number of nitrogens with one attached hydrogen (secondary N) is 1. The molecular formula is C29H32N2O6. The molecule has 37 heavy (non-hydrogen) atoms. The second-order valence-electron chi connectivity index (χ2n) is 10.2. The van der Waals surface area contributed by atoms with Crippen molar-refractivity contribution in [2.24, 2.45) is 0 Å². The van der Waals surface area contributed by atoms with Crippen molar-refractivity contribution in [3.8, 4) is 11.8 Å². The lowest BCUT2D eigenvalue weighted by Gasteiger charge is -2.24. The predicted octanol–water partition coefficient (Wildman–Crippen LogP) is 4.73. The van der Waals surface area contributed by atoms with Crippen LogP contribution in [-0.4, -0.2) is 55.2 Å². The fourth-order valence-corrected chi connectivity index (χ4v) is 4.31. The lowest BCUT2D eigenvalue weighted by atomic mass is 9.88. The first-order valence-electron chi connectivity index (χ1n) is 12.4. The molecule has 1 saturated heterocycles. The minimum Gasteiger partial charge on any atom is -0.464 e. The van der Waals surface area contributed by atoms with Crippen molar-refractivity contribution >= 4 is 39.6 Å². The van der Waals surface area contributed by atoms with Crippen molar-refractivity contribution in [3.05, 3.63) is 47.7 Å². The Balaban J connectivity index is 1.35. The Morgan fingerprint density at radius 3 is 2.78 bits per heavy atom. The highest BCUT2D eigenvalue weighted by Crippen LogP contribution is 2.37. The maximum Gasteiger partial charge on any atom is 0.410 e. The average molecular weight is 505 g/mol. The number of piperidine rings is 1. The summed E-state index contributed by atoms with van der Waals surface area (Å²) in [5, 5.41) is 5.28. The van der Waals surface area contributed by atoms with Crippen LogP contribution in [0.4, 0.5) is 4.79 Å². The van der Waals surface area contributed by atoms with Gasteiger partial charge in [0.25, 0.3) is 0 Å². The van der Waals surface area contributed by atoms with Gasteiger partial charge < -0.3 is 18.8 Å². The Labute approximate surface area is 216 Å². The summed E-state index contributed by atoms with van der Waals surface area (Å²) in [5.74, 6) is 5.23. The number of fused-ring (bicyclic) bond motifs is 3. The number of imide groups is 1. The van der Waals surface area contributed by atoms with Gasteiger partial charge in [-0.15, -0.1) is 0 Å². The first kappa shape index (κ1) is 26.2. The number of nitrogens with zero attached hydrogens (tertiary/aromatic N) is 1. The van der Waals surface area contributed by atoms with Crippen molar-refractivity contribution < 1.29 is 28.3 Å². The molecule has 1 unspecified atom stereocenters. The third kappa shape index (κ3) is 6.49. The SMILES string of the molecule is CN(CCCOCC#Cc1ccc2c(ccc3occ(C4CCC(=O)NC4=O)c32)c1)C(=O)OC(C)(C)C. The van der Waals surface area contributed by atoms with E-state index in [4.69, 9.17) is 13.9 Å². The Morgan fingerprint density at radius 1 is 1.22 bits per heavy atom. The number of carbonyl (C=O) groups is 3. The zero-order valence-electron chi connectivity index (χ0n) is 21.7. The molecule has 2 heterocycles. The molecule has 1 aliphatic rings. The average Bonchev–Trinajstić information content (AvgIpc) is 3.26. The van der Waals surface area contributed by atoms with Gasteiger partial charge in [0.2, 0.25) is 11.8 Å².